The fraction of sp³-hybridized carbons (Fsp3) is 0.294. The third-order valence-electron chi connectivity index (χ3n) is 2.89. The summed E-state index contributed by atoms with van der Waals surface area (Å²) in [7, 11) is 0. The number of pyridine rings is 1. The van der Waals surface area contributed by atoms with E-state index in [1.54, 1.807) is 30.5 Å². The lowest BCUT2D eigenvalue weighted by Gasteiger charge is -2.20. The van der Waals surface area contributed by atoms with Crippen LogP contribution in [0, 0.1) is 5.82 Å². The molecule has 0 saturated heterocycles. The fourth-order valence-corrected chi connectivity index (χ4v) is 1.88. The maximum Gasteiger partial charge on any atom is 0.270 e. The molecule has 0 aliphatic rings. The van der Waals surface area contributed by atoms with E-state index < -0.39 is 0 Å². The number of carbonyl (C=O) groups is 1. The van der Waals surface area contributed by atoms with E-state index in [9.17, 15) is 9.18 Å². The molecule has 2 aromatic rings. The Balaban J connectivity index is 2.02. The van der Waals surface area contributed by atoms with Crippen molar-refractivity contribution in [3.05, 3.63) is 59.7 Å². The number of rotatable bonds is 4. The van der Waals surface area contributed by atoms with Crippen molar-refractivity contribution in [3.8, 4) is 0 Å². The Morgan fingerprint density at radius 3 is 2.50 bits per heavy atom. The molecule has 1 amide bonds. The van der Waals surface area contributed by atoms with E-state index in [1.807, 2.05) is 20.8 Å². The second kappa shape index (κ2) is 6.56. The summed E-state index contributed by atoms with van der Waals surface area (Å²) < 4.78 is 12.9. The van der Waals surface area contributed by atoms with Crippen LogP contribution in [-0.4, -0.2) is 16.4 Å². The van der Waals surface area contributed by atoms with Gasteiger partial charge >= 0.3 is 0 Å². The maximum atomic E-state index is 12.9. The van der Waals surface area contributed by atoms with Crippen LogP contribution >= 0.6 is 0 Å². The number of halogens is 1. The molecule has 0 fully saturated rings. The average molecular weight is 301 g/mol. The van der Waals surface area contributed by atoms with E-state index in [2.05, 4.69) is 15.6 Å². The Labute approximate surface area is 129 Å². The topological polar surface area (TPSA) is 54.0 Å². The van der Waals surface area contributed by atoms with Gasteiger partial charge in [0, 0.05) is 24.0 Å². The highest BCUT2D eigenvalue weighted by Gasteiger charge is 2.16. The molecule has 116 valence electrons. The predicted molar refractivity (Wildman–Crippen MR) is 85.2 cm³/mol. The minimum atomic E-state index is -0.309. The zero-order valence-corrected chi connectivity index (χ0v) is 13.0. The van der Waals surface area contributed by atoms with Crippen molar-refractivity contribution < 1.29 is 9.18 Å². The Morgan fingerprint density at radius 2 is 1.86 bits per heavy atom. The summed E-state index contributed by atoms with van der Waals surface area (Å²) >= 11 is 0. The van der Waals surface area contributed by atoms with E-state index in [4.69, 9.17) is 0 Å². The summed E-state index contributed by atoms with van der Waals surface area (Å²) in [5.41, 5.74) is 1.80. The van der Waals surface area contributed by atoms with Gasteiger partial charge in [-0.3, -0.25) is 9.78 Å². The van der Waals surface area contributed by atoms with E-state index in [-0.39, 0.29) is 17.3 Å². The number of anilines is 1. The second-order valence-corrected chi connectivity index (χ2v) is 6.11. The van der Waals surface area contributed by atoms with Gasteiger partial charge in [-0.2, -0.15) is 0 Å². The van der Waals surface area contributed by atoms with Crippen LogP contribution in [0.1, 0.15) is 36.8 Å². The first-order chi connectivity index (χ1) is 10.3. The summed E-state index contributed by atoms with van der Waals surface area (Å²) in [5, 5.41) is 6.07. The molecule has 0 atom stereocenters. The molecule has 0 radical (unpaired) electrons. The van der Waals surface area contributed by atoms with Gasteiger partial charge in [0.15, 0.2) is 0 Å². The van der Waals surface area contributed by atoms with Crippen LogP contribution in [0.4, 0.5) is 10.1 Å². The van der Waals surface area contributed by atoms with Gasteiger partial charge in [-0.25, -0.2) is 4.39 Å². The highest BCUT2D eigenvalue weighted by atomic mass is 19.1. The van der Waals surface area contributed by atoms with Crippen molar-refractivity contribution in [3.63, 3.8) is 0 Å². The van der Waals surface area contributed by atoms with Crippen LogP contribution in [0.5, 0.6) is 0 Å². The molecule has 0 aliphatic heterocycles. The van der Waals surface area contributed by atoms with Gasteiger partial charge in [0.25, 0.3) is 5.91 Å². The summed E-state index contributed by atoms with van der Waals surface area (Å²) in [6.45, 7) is 6.30. The lowest BCUT2D eigenvalue weighted by Crippen LogP contribution is -2.40. The third-order valence-corrected chi connectivity index (χ3v) is 2.89. The number of carbonyl (C=O) groups excluding carboxylic acids is 1. The van der Waals surface area contributed by atoms with E-state index in [1.165, 1.54) is 12.1 Å². The summed E-state index contributed by atoms with van der Waals surface area (Å²) in [6, 6.07) is 9.77. The highest BCUT2D eigenvalue weighted by molar-refractivity contribution is 5.93. The first-order valence-corrected chi connectivity index (χ1v) is 7.10. The van der Waals surface area contributed by atoms with E-state index in [0.29, 0.717) is 12.2 Å². The van der Waals surface area contributed by atoms with Crippen LogP contribution in [0.3, 0.4) is 0 Å². The zero-order chi connectivity index (χ0) is 16.2. The van der Waals surface area contributed by atoms with E-state index in [0.717, 1.165) is 11.3 Å². The minimum absolute atomic E-state index is 0.210. The number of nitrogens with zero attached hydrogens (tertiary/aromatic N) is 1. The van der Waals surface area contributed by atoms with Crippen molar-refractivity contribution in [1.29, 1.82) is 0 Å². The Morgan fingerprint density at radius 1 is 1.18 bits per heavy atom. The maximum absolute atomic E-state index is 12.9. The van der Waals surface area contributed by atoms with Crippen LogP contribution in [0.2, 0.25) is 0 Å². The summed E-state index contributed by atoms with van der Waals surface area (Å²) in [6.07, 6.45) is 1.59. The minimum Gasteiger partial charge on any atom is -0.381 e. The number of aromatic nitrogens is 1. The molecule has 0 spiro atoms. The first-order valence-electron chi connectivity index (χ1n) is 7.10. The Kier molecular flexibility index (Phi) is 4.75. The van der Waals surface area contributed by atoms with Crippen molar-refractivity contribution in [1.82, 2.24) is 10.3 Å². The summed E-state index contributed by atoms with van der Waals surface area (Å²) in [4.78, 5) is 16.2. The van der Waals surface area contributed by atoms with Gasteiger partial charge in [0.2, 0.25) is 0 Å². The number of amides is 1. The molecule has 4 nitrogen and oxygen atoms in total. The van der Waals surface area contributed by atoms with Gasteiger partial charge in [-0.15, -0.1) is 0 Å². The van der Waals surface area contributed by atoms with Gasteiger partial charge in [0.1, 0.15) is 11.5 Å². The molecule has 1 aromatic carbocycles. The van der Waals surface area contributed by atoms with Crippen LogP contribution in [0.15, 0.2) is 42.6 Å². The van der Waals surface area contributed by atoms with Gasteiger partial charge in [-0.05, 0) is 50.6 Å². The van der Waals surface area contributed by atoms with Crippen molar-refractivity contribution in [2.45, 2.75) is 32.9 Å². The normalized spacial score (nSPS) is 11.1. The second-order valence-electron chi connectivity index (χ2n) is 6.11. The highest BCUT2D eigenvalue weighted by Crippen LogP contribution is 2.12. The molecule has 1 heterocycles. The van der Waals surface area contributed by atoms with Crippen LogP contribution in [0.25, 0.3) is 0 Å². The first kappa shape index (κ1) is 15.9. The van der Waals surface area contributed by atoms with Crippen LogP contribution in [-0.2, 0) is 6.54 Å². The van der Waals surface area contributed by atoms with Gasteiger partial charge in [-0.1, -0.05) is 12.1 Å². The molecular formula is C17H20FN3O. The van der Waals surface area contributed by atoms with Gasteiger partial charge < -0.3 is 10.6 Å². The molecule has 0 unspecified atom stereocenters. The molecule has 2 N–H and O–H groups in total. The lowest BCUT2D eigenvalue weighted by molar-refractivity contribution is 0.0914. The standard InChI is InChI=1S/C17H20FN3O/c1-17(2,3)21-16(22)15-10-14(8-9-19-15)20-11-12-4-6-13(18)7-5-12/h4-10H,11H2,1-3H3,(H,19,20)(H,21,22). The fourth-order valence-electron chi connectivity index (χ4n) is 1.88. The van der Waals surface area contributed by atoms with Crippen molar-refractivity contribution in [2.24, 2.45) is 0 Å². The molecule has 0 bridgehead atoms. The number of nitrogens with one attached hydrogen (secondary N) is 2. The van der Waals surface area contributed by atoms with Crippen molar-refractivity contribution >= 4 is 11.6 Å². The smallest absolute Gasteiger partial charge is 0.270 e. The summed E-state index contributed by atoms with van der Waals surface area (Å²) in [5.74, 6) is -0.466. The lowest BCUT2D eigenvalue weighted by atomic mass is 10.1. The number of benzene rings is 1. The van der Waals surface area contributed by atoms with E-state index >= 15 is 0 Å². The number of hydrogen-bond donors (Lipinski definition) is 2. The SMILES string of the molecule is CC(C)(C)NC(=O)c1cc(NCc2ccc(F)cc2)ccn1. The van der Waals surface area contributed by atoms with Gasteiger partial charge in [0.05, 0.1) is 0 Å². The molecule has 0 saturated carbocycles. The van der Waals surface area contributed by atoms with Crippen molar-refractivity contribution in [2.75, 3.05) is 5.32 Å². The molecule has 0 aliphatic carbocycles. The molecule has 5 heteroatoms. The quantitative estimate of drug-likeness (QED) is 0.910. The Bertz CT molecular complexity index is 648. The molecule has 2 rings (SSSR count). The van der Waals surface area contributed by atoms with Crippen LogP contribution < -0.4 is 10.6 Å². The monoisotopic (exact) mass is 301 g/mol. The molecule has 22 heavy (non-hydrogen) atoms. The third kappa shape index (κ3) is 4.84. The zero-order valence-electron chi connectivity index (χ0n) is 13.0. The average Bonchev–Trinajstić information content (AvgIpc) is 2.45. The predicted octanol–water partition coefficient (Wildman–Crippen LogP) is 3.36. The number of hydrogen-bond acceptors (Lipinski definition) is 3. The molecular weight excluding hydrogens is 281 g/mol. The largest absolute Gasteiger partial charge is 0.381 e. The Hall–Kier alpha value is -2.43. The molecule has 1 aromatic heterocycles.